The van der Waals surface area contributed by atoms with Gasteiger partial charge < -0.3 is 5.32 Å². The van der Waals surface area contributed by atoms with Gasteiger partial charge in [0.25, 0.3) is 5.91 Å². The Balaban J connectivity index is 1.90. The normalized spacial score (nSPS) is 17.1. The van der Waals surface area contributed by atoms with E-state index in [1.807, 2.05) is 19.2 Å². The molecule has 1 aliphatic rings. The number of hydrogen-bond acceptors (Lipinski definition) is 3. The third-order valence-electron chi connectivity index (χ3n) is 3.28. The fourth-order valence-corrected chi connectivity index (χ4v) is 2.03. The zero-order valence-electron chi connectivity index (χ0n) is 9.72. The molecule has 0 saturated heterocycles. The van der Waals surface area contributed by atoms with Crippen LogP contribution < -0.4 is 16.2 Å². The molecule has 0 radical (unpaired) electrons. The summed E-state index contributed by atoms with van der Waals surface area (Å²) in [7, 11) is 1.82. The molecule has 1 aromatic rings. The molecule has 0 aromatic heterocycles. The van der Waals surface area contributed by atoms with E-state index < -0.39 is 0 Å². The first kappa shape index (κ1) is 12.2. The lowest BCUT2D eigenvalue weighted by atomic mass is 9.76. The zero-order valence-corrected chi connectivity index (χ0v) is 10.5. The Bertz CT molecular complexity index is 395. The quantitative estimate of drug-likeness (QED) is 0.719. The number of nitrogens with one attached hydrogen (secondary N) is 3. The van der Waals surface area contributed by atoms with E-state index in [4.69, 9.17) is 11.6 Å². The summed E-state index contributed by atoms with van der Waals surface area (Å²) in [5.74, 6) is -0.0128. The molecule has 2 rings (SSSR count). The number of hydrazine groups is 1. The molecule has 0 unspecified atom stereocenters. The summed E-state index contributed by atoms with van der Waals surface area (Å²) < 4.78 is 0. The summed E-state index contributed by atoms with van der Waals surface area (Å²) in [4.78, 5) is 12.0. The molecule has 0 spiro atoms. The lowest BCUT2D eigenvalue weighted by molar-refractivity contribution is -0.130. The fourth-order valence-electron chi connectivity index (χ4n) is 1.90. The second-order valence-electron chi connectivity index (χ2n) is 4.27. The van der Waals surface area contributed by atoms with E-state index in [0.29, 0.717) is 5.02 Å². The molecule has 4 nitrogen and oxygen atoms in total. The number of benzene rings is 1. The maximum absolute atomic E-state index is 12.0. The molecule has 17 heavy (non-hydrogen) atoms. The number of halogens is 1. The zero-order chi connectivity index (χ0) is 12.3. The maximum atomic E-state index is 12.0. The van der Waals surface area contributed by atoms with Crippen LogP contribution in [-0.2, 0) is 4.79 Å². The van der Waals surface area contributed by atoms with Crippen LogP contribution in [0.25, 0.3) is 0 Å². The van der Waals surface area contributed by atoms with Crippen LogP contribution >= 0.6 is 11.6 Å². The predicted octanol–water partition coefficient (Wildman–Crippen LogP) is 1.93. The van der Waals surface area contributed by atoms with Crippen LogP contribution in [0.2, 0.25) is 5.02 Å². The number of carbonyl (C=O) groups is 1. The minimum atomic E-state index is -0.389. The third kappa shape index (κ3) is 2.53. The average molecular weight is 254 g/mol. The Hall–Kier alpha value is -1.26. The van der Waals surface area contributed by atoms with Crippen LogP contribution in [-0.4, -0.2) is 18.5 Å². The SMILES string of the molecule is CNC1(C(=O)NNc2ccc(Cl)cc2)CCC1. The van der Waals surface area contributed by atoms with Crippen molar-refractivity contribution in [3.63, 3.8) is 0 Å². The van der Waals surface area contributed by atoms with Gasteiger partial charge in [0.1, 0.15) is 0 Å². The number of carbonyl (C=O) groups excluding carboxylic acids is 1. The lowest BCUT2D eigenvalue weighted by Crippen LogP contribution is -2.60. The Morgan fingerprint density at radius 1 is 1.29 bits per heavy atom. The van der Waals surface area contributed by atoms with E-state index in [1.165, 1.54) is 0 Å². The van der Waals surface area contributed by atoms with Crippen LogP contribution in [0.5, 0.6) is 0 Å². The van der Waals surface area contributed by atoms with Crippen LogP contribution in [0.3, 0.4) is 0 Å². The third-order valence-corrected chi connectivity index (χ3v) is 3.54. The summed E-state index contributed by atoms with van der Waals surface area (Å²) in [6, 6.07) is 7.17. The minimum absolute atomic E-state index is 0.0128. The average Bonchev–Trinajstić information content (AvgIpc) is 2.27. The Morgan fingerprint density at radius 2 is 1.94 bits per heavy atom. The van der Waals surface area contributed by atoms with Crippen LogP contribution in [0.1, 0.15) is 19.3 Å². The standard InChI is InChI=1S/C12H16ClN3O/c1-14-12(7-2-8-12)11(17)16-15-10-5-3-9(13)4-6-10/h3-6,14-15H,2,7-8H2,1H3,(H,16,17). The van der Waals surface area contributed by atoms with E-state index in [-0.39, 0.29) is 11.4 Å². The highest BCUT2D eigenvalue weighted by atomic mass is 35.5. The molecule has 1 aliphatic carbocycles. The summed E-state index contributed by atoms with van der Waals surface area (Å²) >= 11 is 5.78. The predicted molar refractivity (Wildman–Crippen MR) is 68.9 cm³/mol. The van der Waals surface area contributed by atoms with Gasteiger partial charge in [0, 0.05) is 5.02 Å². The van der Waals surface area contributed by atoms with Gasteiger partial charge in [-0.1, -0.05) is 11.6 Å². The highest BCUT2D eigenvalue weighted by molar-refractivity contribution is 6.30. The molecule has 0 bridgehead atoms. The van der Waals surface area contributed by atoms with Gasteiger partial charge in [0.15, 0.2) is 0 Å². The lowest BCUT2D eigenvalue weighted by Gasteiger charge is -2.39. The topological polar surface area (TPSA) is 53.2 Å². The van der Waals surface area contributed by atoms with Crippen molar-refractivity contribution in [1.82, 2.24) is 10.7 Å². The molecular weight excluding hydrogens is 238 g/mol. The van der Waals surface area contributed by atoms with Gasteiger partial charge in [-0.15, -0.1) is 0 Å². The Labute approximate surface area is 106 Å². The van der Waals surface area contributed by atoms with E-state index in [9.17, 15) is 4.79 Å². The van der Waals surface area contributed by atoms with Crippen molar-refractivity contribution in [2.75, 3.05) is 12.5 Å². The molecule has 5 heteroatoms. The first-order valence-corrected chi connectivity index (χ1v) is 6.05. The molecule has 0 aliphatic heterocycles. The maximum Gasteiger partial charge on any atom is 0.258 e. The van der Waals surface area contributed by atoms with Crippen LogP contribution in [0, 0.1) is 0 Å². The number of amides is 1. The van der Waals surface area contributed by atoms with Crippen LogP contribution in [0.15, 0.2) is 24.3 Å². The Kier molecular flexibility index (Phi) is 3.54. The minimum Gasteiger partial charge on any atom is -0.306 e. The highest BCUT2D eigenvalue weighted by Crippen LogP contribution is 2.31. The molecule has 1 fully saturated rings. The molecule has 0 heterocycles. The van der Waals surface area contributed by atoms with Gasteiger partial charge in [0.2, 0.25) is 0 Å². The first-order chi connectivity index (χ1) is 8.16. The van der Waals surface area contributed by atoms with Gasteiger partial charge in [-0.2, -0.15) is 0 Å². The van der Waals surface area contributed by atoms with Crippen molar-refractivity contribution in [3.8, 4) is 0 Å². The smallest absolute Gasteiger partial charge is 0.258 e. The van der Waals surface area contributed by atoms with Crippen molar-refractivity contribution in [2.24, 2.45) is 0 Å². The molecule has 3 N–H and O–H groups in total. The second-order valence-corrected chi connectivity index (χ2v) is 4.71. The van der Waals surface area contributed by atoms with Crippen molar-refractivity contribution >= 4 is 23.2 Å². The van der Waals surface area contributed by atoms with E-state index in [0.717, 1.165) is 24.9 Å². The summed E-state index contributed by atoms with van der Waals surface area (Å²) in [6.45, 7) is 0. The number of likely N-dealkylation sites (N-methyl/N-ethyl adjacent to an activating group) is 1. The van der Waals surface area contributed by atoms with E-state index >= 15 is 0 Å². The second kappa shape index (κ2) is 4.94. The summed E-state index contributed by atoms with van der Waals surface area (Å²) in [5, 5.41) is 3.76. The number of anilines is 1. The van der Waals surface area contributed by atoms with Crippen molar-refractivity contribution in [1.29, 1.82) is 0 Å². The monoisotopic (exact) mass is 253 g/mol. The molecular formula is C12H16ClN3O. The summed E-state index contributed by atoms with van der Waals surface area (Å²) in [5.41, 5.74) is 6.02. The fraction of sp³-hybridized carbons (Fsp3) is 0.417. The molecule has 92 valence electrons. The largest absolute Gasteiger partial charge is 0.306 e. The van der Waals surface area contributed by atoms with Crippen LogP contribution in [0.4, 0.5) is 5.69 Å². The van der Waals surface area contributed by atoms with Crippen molar-refractivity contribution in [3.05, 3.63) is 29.3 Å². The van der Waals surface area contributed by atoms with Gasteiger partial charge in [0.05, 0.1) is 11.2 Å². The first-order valence-electron chi connectivity index (χ1n) is 5.67. The van der Waals surface area contributed by atoms with Crippen molar-refractivity contribution in [2.45, 2.75) is 24.8 Å². The van der Waals surface area contributed by atoms with Gasteiger partial charge in [-0.3, -0.25) is 15.6 Å². The molecule has 1 aromatic carbocycles. The Morgan fingerprint density at radius 3 is 2.41 bits per heavy atom. The van der Waals surface area contributed by atoms with E-state index in [1.54, 1.807) is 12.1 Å². The van der Waals surface area contributed by atoms with Gasteiger partial charge in [-0.05, 0) is 50.6 Å². The summed E-state index contributed by atoms with van der Waals surface area (Å²) in [6.07, 6.45) is 2.87. The number of hydrogen-bond donors (Lipinski definition) is 3. The highest BCUT2D eigenvalue weighted by Gasteiger charge is 2.42. The van der Waals surface area contributed by atoms with Gasteiger partial charge >= 0.3 is 0 Å². The van der Waals surface area contributed by atoms with E-state index in [2.05, 4.69) is 16.2 Å². The number of rotatable bonds is 4. The molecule has 1 saturated carbocycles. The van der Waals surface area contributed by atoms with Crippen molar-refractivity contribution < 1.29 is 4.79 Å². The molecule has 1 amide bonds. The van der Waals surface area contributed by atoms with Gasteiger partial charge in [-0.25, -0.2) is 0 Å². The molecule has 0 atom stereocenters.